The van der Waals surface area contributed by atoms with E-state index in [1.807, 2.05) is 0 Å². The van der Waals surface area contributed by atoms with Gasteiger partial charge in [0.15, 0.2) is 11.5 Å². The van der Waals surface area contributed by atoms with Crippen molar-refractivity contribution in [3.63, 3.8) is 0 Å². The summed E-state index contributed by atoms with van der Waals surface area (Å²) in [5.74, 6) is -15.0. The van der Waals surface area contributed by atoms with Crippen molar-refractivity contribution in [1.29, 1.82) is 0 Å². The molecule has 0 radical (unpaired) electrons. The molecule has 1 amide bonds. The molecule has 3 N–H and O–H groups in total. The Bertz CT molecular complexity index is 3220. The molecule has 9 rings (SSSR count). The molecule has 4 aromatic heterocycles. The number of aliphatic carboxylic acids is 1. The van der Waals surface area contributed by atoms with Gasteiger partial charge in [-0.15, -0.1) is 0 Å². The monoisotopic (exact) mass is 981 g/mol. The first-order valence-electron chi connectivity index (χ1n) is 20.6. The summed E-state index contributed by atoms with van der Waals surface area (Å²) in [5.41, 5.74) is -3.59. The van der Waals surface area contributed by atoms with Gasteiger partial charge in [0.25, 0.3) is 17.9 Å². The molecule has 2 saturated carbocycles. The maximum Gasteiger partial charge on any atom is 0.325 e. The Morgan fingerprint density at radius 1 is 0.970 bits per heavy atom. The third-order valence-electron chi connectivity index (χ3n) is 12.3. The van der Waals surface area contributed by atoms with Gasteiger partial charge in [0, 0.05) is 48.4 Å². The summed E-state index contributed by atoms with van der Waals surface area (Å²) < 4.78 is 147. The Labute approximate surface area is 378 Å². The number of amides is 1. The molecular formula is C42H36ClF8N9O6S. The van der Waals surface area contributed by atoms with Crippen molar-refractivity contribution in [2.24, 2.45) is 5.92 Å². The van der Waals surface area contributed by atoms with Crippen LogP contribution in [-0.4, -0.2) is 71.7 Å². The zero-order valence-corrected chi connectivity index (χ0v) is 36.5. The quantitative estimate of drug-likeness (QED) is 0.0972. The highest BCUT2D eigenvalue weighted by Crippen LogP contribution is 2.68. The number of hydrogen-bond acceptors (Lipinski definition) is 9. The van der Waals surface area contributed by atoms with Crippen molar-refractivity contribution < 1.29 is 58.2 Å². The van der Waals surface area contributed by atoms with E-state index in [9.17, 15) is 49.5 Å². The molecule has 0 spiro atoms. The lowest BCUT2D eigenvalue weighted by Crippen LogP contribution is -2.38. The zero-order valence-electron chi connectivity index (χ0n) is 34.9. The number of hydrogen-bond donors (Lipinski definition) is 3. The van der Waals surface area contributed by atoms with E-state index < -0.39 is 137 Å². The molecule has 67 heavy (non-hydrogen) atoms. The van der Waals surface area contributed by atoms with Gasteiger partial charge in [-0.2, -0.15) is 19.0 Å². The van der Waals surface area contributed by atoms with Crippen LogP contribution < -0.4 is 15.6 Å². The number of carboxylic acids is 1. The molecule has 3 aliphatic rings. The number of rotatable bonds is 13. The number of alkyl halides is 6. The number of benzene rings is 2. The first-order chi connectivity index (χ1) is 31.4. The fraction of sp³-hybridized carbons (Fsp3) is 0.405. The third-order valence-corrected chi connectivity index (χ3v) is 13.2. The largest absolute Gasteiger partial charge is 0.480 e. The van der Waals surface area contributed by atoms with Crippen LogP contribution in [-0.2, 0) is 45.0 Å². The number of fused-ring (bicyclic) bond motifs is 5. The van der Waals surface area contributed by atoms with Gasteiger partial charge < -0.3 is 10.4 Å². The van der Waals surface area contributed by atoms with E-state index in [4.69, 9.17) is 16.6 Å². The summed E-state index contributed by atoms with van der Waals surface area (Å²) in [5, 5.41) is 19.8. The number of anilines is 1. The maximum absolute atomic E-state index is 15.6. The topological polar surface area (TPSA) is 196 Å². The van der Waals surface area contributed by atoms with Crippen LogP contribution in [0, 0.1) is 24.5 Å². The lowest BCUT2D eigenvalue weighted by atomic mass is 9.84. The highest BCUT2D eigenvalue weighted by molar-refractivity contribution is 7.92. The Hall–Kier alpha value is -6.17. The summed E-state index contributed by atoms with van der Waals surface area (Å²) in [6.07, 6.45) is -4.05. The van der Waals surface area contributed by atoms with E-state index >= 15 is 13.6 Å². The molecule has 0 saturated heterocycles. The Morgan fingerprint density at radius 2 is 1.66 bits per heavy atom. The molecule has 15 nitrogen and oxygen atoms in total. The van der Waals surface area contributed by atoms with Gasteiger partial charge in [-0.05, 0) is 73.6 Å². The van der Waals surface area contributed by atoms with Gasteiger partial charge >= 0.3 is 5.97 Å². The number of carboxylic acid groups (broad SMARTS) is 1. The van der Waals surface area contributed by atoms with Crippen LogP contribution in [0.15, 0.2) is 41.2 Å². The van der Waals surface area contributed by atoms with Crippen molar-refractivity contribution in [3.05, 3.63) is 103 Å². The van der Waals surface area contributed by atoms with E-state index in [0.717, 1.165) is 27.6 Å². The summed E-state index contributed by atoms with van der Waals surface area (Å²) in [6, 6.07) is 4.56. The van der Waals surface area contributed by atoms with E-state index in [1.165, 1.54) is 25.1 Å². The smallest absolute Gasteiger partial charge is 0.325 e. The molecular weight excluding hydrogens is 946 g/mol. The molecule has 3 atom stereocenters. The first-order valence-corrected chi connectivity index (χ1v) is 22.9. The lowest BCUT2D eigenvalue weighted by molar-refractivity contribution is -0.137. The number of halogens is 9. The minimum absolute atomic E-state index is 0.0177. The lowest BCUT2D eigenvalue weighted by Gasteiger charge is -2.28. The summed E-state index contributed by atoms with van der Waals surface area (Å²) in [6.45, 7) is -0.529. The summed E-state index contributed by atoms with van der Waals surface area (Å²) >= 11 is 6.62. The summed E-state index contributed by atoms with van der Waals surface area (Å²) in [7, 11) is -4.13. The van der Waals surface area contributed by atoms with Crippen LogP contribution in [0.25, 0.3) is 27.6 Å². The minimum atomic E-state index is -4.13. The standard InChI is InChI=1S/C42H36ClF8N9O6S/c1-17-9-25(19-5-7-41(48,49)8-6-19)53-37-30(17)40(64)60(27-4-3-24(43)32-34(27)58(16-29(62)63)56-38(32)57-67(2,65)66)39(54-37)26(12-18-10-20(44)13-21(45)11-18)52-28(61)15-59-35-31(33(55-59)36(46)47)22-14-23(22)42(35,50)51/h3-4,9-11,13,19,22-23,26,36H,5-8,12,14-16H2,1-2H3,(H,52,61)(H,56,57)(H,62,63)/t22-,23+,26-/m0/s1. The van der Waals surface area contributed by atoms with E-state index in [0.29, 0.717) is 10.7 Å². The minimum Gasteiger partial charge on any atom is -0.480 e. The van der Waals surface area contributed by atoms with E-state index in [1.54, 1.807) is 0 Å². The van der Waals surface area contributed by atoms with Crippen LogP contribution in [0.2, 0.25) is 5.02 Å². The second-order valence-corrected chi connectivity index (χ2v) is 19.3. The highest BCUT2D eigenvalue weighted by atomic mass is 35.5. The number of carbonyl (C=O) groups is 2. The van der Waals surface area contributed by atoms with Gasteiger partial charge in [-0.1, -0.05) is 11.6 Å². The highest BCUT2D eigenvalue weighted by Gasteiger charge is 2.67. The second-order valence-electron chi connectivity index (χ2n) is 17.1. The second kappa shape index (κ2) is 16.3. The van der Waals surface area contributed by atoms with Gasteiger partial charge in [-0.25, -0.2) is 49.4 Å². The molecule has 6 aromatic rings. The molecule has 25 heteroatoms. The van der Waals surface area contributed by atoms with Crippen molar-refractivity contribution in [2.45, 2.75) is 94.7 Å². The van der Waals surface area contributed by atoms with Crippen molar-refractivity contribution >= 4 is 61.3 Å². The maximum atomic E-state index is 15.6. The average Bonchev–Trinajstić information content (AvgIpc) is 3.74. The number of nitrogens with zero attached hydrogens (tertiary/aromatic N) is 7. The number of carbonyl (C=O) groups excluding carboxylic acids is 1. The van der Waals surface area contributed by atoms with Crippen molar-refractivity contribution in [3.8, 4) is 5.69 Å². The number of aromatic nitrogens is 7. The fourth-order valence-corrected chi connectivity index (χ4v) is 10.2. The van der Waals surface area contributed by atoms with Crippen LogP contribution in [0.4, 0.5) is 40.9 Å². The van der Waals surface area contributed by atoms with Gasteiger partial charge in [-0.3, -0.25) is 28.4 Å². The molecule has 2 aromatic carbocycles. The van der Waals surface area contributed by atoms with E-state index in [2.05, 4.69) is 25.2 Å². The Balaban J connectivity index is 1.28. The third kappa shape index (κ3) is 8.46. The molecule has 0 unspecified atom stereocenters. The average molecular weight is 982 g/mol. The number of nitrogens with one attached hydrogen (secondary N) is 2. The molecule has 354 valence electrons. The van der Waals surface area contributed by atoms with Crippen molar-refractivity contribution in [1.82, 2.24) is 39.4 Å². The molecule has 2 fully saturated rings. The Morgan fingerprint density at radius 3 is 2.30 bits per heavy atom. The first kappa shape index (κ1) is 46.0. The van der Waals surface area contributed by atoms with Crippen LogP contribution in [0.3, 0.4) is 0 Å². The fourth-order valence-electron chi connectivity index (χ4n) is 9.47. The predicted molar refractivity (Wildman–Crippen MR) is 223 cm³/mol. The normalized spacial score (nSPS) is 19.2. The van der Waals surface area contributed by atoms with Crippen LogP contribution in [0.1, 0.15) is 96.0 Å². The van der Waals surface area contributed by atoms with Gasteiger partial charge in [0.05, 0.1) is 39.3 Å². The van der Waals surface area contributed by atoms with Crippen LogP contribution in [0.5, 0.6) is 0 Å². The molecule has 4 heterocycles. The molecule has 0 aliphatic heterocycles. The van der Waals surface area contributed by atoms with Crippen molar-refractivity contribution in [2.75, 3.05) is 11.0 Å². The van der Waals surface area contributed by atoms with Gasteiger partial charge in [0.2, 0.25) is 21.9 Å². The van der Waals surface area contributed by atoms with E-state index in [-0.39, 0.29) is 74.3 Å². The number of pyridine rings is 1. The van der Waals surface area contributed by atoms with Crippen LogP contribution >= 0.6 is 11.6 Å². The summed E-state index contributed by atoms with van der Waals surface area (Å²) in [4.78, 5) is 51.1. The molecule has 3 aliphatic carbocycles. The predicted octanol–water partition coefficient (Wildman–Crippen LogP) is 7.56. The Kier molecular flexibility index (Phi) is 11.2. The zero-order chi connectivity index (χ0) is 48.2. The number of aryl methyl sites for hydroxylation is 1. The SMILES string of the molecule is Cc1cc(C2CCC(F)(F)CC2)nc2nc([C@H](Cc3cc(F)cc(F)c3)NC(=O)Cn3nc(C(F)F)c4c3C(F)(F)[C@@H]3C[C@H]43)n(-c3ccc(Cl)c4c(NS(C)(=O)=O)nn(CC(=O)O)c34)c(=O)c12. The number of sulfonamides is 1. The molecule has 0 bridgehead atoms. The van der Waals surface area contributed by atoms with Gasteiger partial charge in [0.1, 0.15) is 41.9 Å².